The zero-order valence-corrected chi connectivity index (χ0v) is 10.3. The fourth-order valence-corrected chi connectivity index (χ4v) is 2.37. The highest BCUT2D eigenvalue weighted by molar-refractivity contribution is 8.00. The molecule has 1 saturated heterocycles. The van der Waals surface area contributed by atoms with Crippen molar-refractivity contribution in [1.82, 2.24) is 4.90 Å². The van der Waals surface area contributed by atoms with Gasteiger partial charge in [-0.1, -0.05) is 12.1 Å². The van der Waals surface area contributed by atoms with Crippen LogP contribution in [0.25, 0.3) is 0 Å². The molecule has 0 aromatic heterocycles. The van der Waals surface area contributed by atoms with Crippen molar-refractivity contribution in [2.75, 3.05) is 18.6 Å². The Kier molecular flexibility index (Phi) is 3.68. The second-order valence-electron chi connectivity index (χ2n) is 3.71. The van der Waals surface area contributed by atoms with E-state index in [2.05, 4.69) is 0 Å². The number of ether oxygens (including phenoxy) is 1. The molecule has 17 heavy (non-hydrogen) atoms. The summed E-state index contributed by atoms with van der Waals surface area (Å²) in [4.78, 5) is 24.5. The topological polar surface area (TPSA) is 46.6 Å². The van der Waals surface area contributed by atoms with Crippen LogP contribution in [0.4, 0.5) is 0 Å². The number of thioether (sulfide) groups is 1. The molecular weight excluding hydrogens is 238 g/mol. The third-order valence-electron chi connectivity index (χ3n) is 2.55. The molecule has 1 aliphatic rings. The SMILES string of the molecule is COc1ccc(CN2C(=O)CSCC2=O)cc1. The van der Waals surface area contributed by atoms with Crippen LogP contribution in [-0.4, -0.2) is 35.3 Å². The Bertz CT molecular complexity index is 414. The minimum absolute atomic E-state index is 0.109. The smallest absolute Gasteiger partial charge is 0.239 e. The normalized spacial score (nSPS) is 16.2. The van der Waals surface area contributed by atoms with E-state index in [0.717, 1.165) is 11.3 Å². The Morgan fingerprint density at radius 3 is 2.29 bits per heavy atom. The Morgan fingerprint density at radius 1 is 1.18 bits per heavy atom. The van der Waals surface area contributed by atoms with E-state index in [1.165, 1.54) is 16.7 Å². The lowest BCUT2D eigenvalue weighted by Crippen LogP contribution is -2.42. The molecule has 0 aliphatic carbocycles. The first kappa shape index (κ1) is 12.0. The maximum absolute atomic E-state index is 11.6. The van der Waals surface area contributed by atoms with Crippen molar-refractivity contribution < 1.29 is 14.3 Å². The van der Waals surface area contributed by atoms with Gasteiger partial charge in [0.15, 0.2) is 0 Å². The number of rotatable bonds is 3. The van der Waals surface area contributed by atoms with Gasteiger partial charge in [0, 0.05) is 0 Å². The van der Waals surface area contributed by atoms with Crippen LogP contribution in [0, 0.1) is 0 Å². The molecule has 1 aliphatic heterocycles. The van der Waals surface area contributed by atoms with E-state index in [-0.39, 0.29) is 11.8 Å². The minimum atomic E-state index is -0.109. The molecule has 0 saturated carbocycles. The molecule has 90 valence electrons. The monoisotopic (exact) mass is 251 g/mol. The van der Waals surface area contributed by atoms with E-state index in [1.807, 2.05) is 24.3 Å². The van der Waals surface area contributed by atoms with Crippen LogP contribution in [0.2, 0.25) is 0 Å². The summed E-state index contributed by atoms with van der Waals surface area (Å²) in [7, 11) is 1.60. The molecule has 4 nitrogen and oxygen atoms in total. The van der Waals surface area contributed by atoms with Crippen molar-refractivity contribution in [3.63, 3.8) is 0 Å². The molecule has 2 amide bonds. The van der Waals surface area contributed by atoms with E-state index in [4.69, 9.17) is 4.74 Å². The van der Waals surface area contributed by atoms with Gasteiger partial charge in [-0.3, -0.25) is 14.5 Å². The van der Waals surface area contributed by atoms with Gasteiger partial charge in [0.2, 0.25) is 11.8 Å². The van der Waals surface area contributed by atoms with Crippen LogP contribution in [0.15, 0.2) is 24.3 Å². The van der Waals surface area contributed by atoms with Crippen LogP contribution in [0.1, 0.15) is 5.56 Å². The van der Waals surface area contributed by atoms with Crippen molar-refractivity contribution in [3.05, 3.63) is 29.8 Å². The van der Waals surface area contributed by atoms with Gasteiger partial charge < -0.3 is 4.74 Å². The molecule has 0 N–H and O–H groups in total. The first-order valence-corrected chi connectivity index (χ1v) is 6.40. The van der Waals surface area contributed by atoms with E-state index >= 15 is 0 Å². The summed E-state index contributed by atoms with van der Waals surface area (Å²) in [6, 6.07) is 7.37. The molecule has 0 atom stereocenters. The Labute approximate surface area is 104 Å². The molecule has 1 aromatic carbocycles. The van der Waals surface area contributed by atoms with E-state index in [1.54, 1.807) is 7.11 Å². The number of benzene rings is 1. The van der Waals surface area contributed by atoms with Crippen molar-refractivity contribution >= 4 is 23.6 Å². The van der Waals surface area contributed by atoms with Crippen molar-refractivity contribution in [1.29, 1.82) is 0 Å². The number of carbonyl (C=O) groups is 2. The number of nitrogens with zero attached hydrogens (tertiary/aromatic N) is 1. The van der Waals surface area contributed by atoms with Crippen LogP contribution in [0.5, 0.6) is 5.75 Å². The maximum atomic E-state index is 11.6. The van der Waals surface area contributed by atoms with Crippen LogP contribution in [0.3, 0.4) is 0 Å². The molecule has 0 unspecified atom stereocenters. The average molecular weight is 251 g/mol. The van der Waals surface area contributed by atoms with Crippen molar-refractivity contribution in [3.8, 4) is 5.75 Å². The van der Waals surface area contributed by atoms with Crippen LogP contribution in [-0.2, 0) is 16.1 Å². The quantitative estimate of drug-likeness (QED) is 0.760. The molecule has 2 rings (SSSR count). The zero-order chi connectivity index (χ0) is 12.3. The Morgan fingerprint density at radius 2 is 1.76 bits per heavy atom. The molecule has 1 aromatic rings. The Balaban J connectivity index is 2.08. The summed E-state index contributed by atoms with van der Waals surface area (Å²) in [6.07, 6.45) is 0. The van der Waals surface area contributed by atoms with Gasteiger partial charge in [0.25, 0.3) is 0 Å². The number of imide groups is 1. The standard InChI is InChI=1S/C12H13NO3S/c1-16-10-4-2-9(3-5-10)6-13-11(14)7-17-8-12(13)15/h2-5H,6-8H2,1H3. The van der Waals surface area contributed by atoms with E-state index in [0.29, 0.717) is 18.1 Å². The summed E-state index contributed by atoms with van der Waals surface area (Å²) < 4.78 is 5.05. The molecule has 1 fully saturated rings. The molecule has 1 heterocycles. The summed E-state index contributed by atoms with van der Waals surface area (Å²) >= 11 is 1.37. The second kappa shape index (κ2) is 5.23. The summed E-state index contributed by atoms with van der Waals surface area (Å²) in [6.45, 7) is 0.349. The number of methoxy groups -OCH3 is 1. The zero-order valence-electron chi connectivity index (χ0n) is 9.51. The van der Waals surface area contributed by atoms with Crippen molar-refractivity contribution in [2.24, 2.45) is 0 Å². The predicted octanol–water partition coefficient (Wildman–Crippen LogP) is 1.30. The first-order chi connectivity index (χ1) is 8.20. The lowest BCUT2D eigenvalue weighted by molar-refractivity contribution is -0.142. The van der Waals surface area contributed by atoms with Gasteiger partial charge in [-0.25, -0.2) is 0 Å². The number of carbonyl (C=O) groups excluding carboxylic acids is 2. The van der Waals surface area contributed by atoms with E-state index < -0.39 is 0 Å². The van der Waals surface area contributed by atoms with E-state index in [9.17, 15) is 9.59 Å². The van der Waals surface area contributed by atoms with Gasteiger partial charge in [-0.15, -0.1) is 11.8 Å². The van der Waals surface area contributed by atoms with Gasteiger partial charge >= 0.3 is 0 Å². The number of hydrogen-bond donors (Lipinski definition) is 0. The van der Waals surface area contributed by atoms with Crippen LogP contribution < -0.4 is 4.74 Å². The second-order valence-corrected chi connectivity index (χ2v) is 4.70. The highest BCUT2D eigenvalue weighted by atomic mass is 32.2. The third kappa shape index (κ3) is 2.79. The number of hydrogen-bond acceptors (Lipinski definition) is 4. The van der Waals surface area contributed by atoms with Crippen LogP contribution >= 0.6 is 11.8 Å². The predicted molar refractivity (Wildman–Crippen MR) is 65.9 cm³/mol. The number of amides is 2. The van der Waals surface area contributed by atoms with Gasteiger partial charge in [-0.05, 0) is 17.7 Å². The molecular formula is C12H13NO3S. The molecule has 0 radical (unpaired) electrons. The lowest BCUT2D eigenvalue weighted by Gasteiger charge is -2.24. The maximum Gasteiger partial charge on any atom is 0.239 e. The van der Waals surface area contributed by atoms with Crippen molar-refractivity contribution in [2.45, 2.75) is 6.54 Å². The summed E-state index contributed by atoms with van der Waals surface area (Å²) in [5, 5.41) is 0. The van der Waals surface area contributed by atoms with Gasteiger partial charge in [0.1, 0.15) is 5.75 Å². The lowest BCUT2D eigenvalue weighted by atomic mass is 10.2. The van der Waals surface area contributed by atoms with Gasteiger partial charge in [-0.2, -0.15) is 0 Å². The fourth-order valence-electron chi connectivity index (χ4n) is 1.61. The minimum Gasteiger partial charge on any atom is -0.497 e. The third-order valence-corrected chi connectivity index (χ3v) is 3.46. The summed E-state index contributed by atoms with van der Waals surface area (Å²) in [5.41, 5.74) is 0.930. The highest BCUT2D eigenvalue weighted by Gasteiger charge is 2.26. The average Bonchev–Trinajstić information content (AvgIpc) is 2.35. The molecule has 0 bridgehead atoms. The summed E-state index contributed by atoms with van der Waals surface area (Å²) in [5.74, 6) is 1.33. The fraction of sp³-hybridized carbons (Fsp3) is 0.333. The first-order valence-electron chi connectivity index (χ1n) is 5.24. The highest BCUT2D eigenvalue weighted by Crippen LogP contribution is 2.17. The molecule has 5 heteroatoms. The van der Waals surface area contributed by atoms with Gasteiger partial charge in [0.05, 0.1) is 25.2 Å². The Hall–Kier alpha value is -1.49. The molecule has 0 spiro atoms. The largest absolute Gasteiger partial charge is 0.497 e.